The van der Waals surface area contributed by atoms with Crippen molar-refractivity contribution in [2.75, 3.05) is 13.2 Å². The number of ether oxygens (including phenoxy) is 1. The van der Waals surface area contributed by atoms with Crippen LogP contribution in [-0.2, 0) is 9.16 Å². The second kappa shape index (κ2) is 7.53. The zero-order valence-corrected chi connectivity index (χ0v) is 17.7. The van der Waals surface area contributed by atoms with E-state index in [1.165, 1.54) is 4.90 Å². The highest BCUT2D eigenvalue weighted by Crippen LogP contribution is 2.40. The van der Waals surface area contributed by atoms with Gasteiger partial charge in [-0.05, 0) is 32.0 Å². The number of nitrogens with one attached hydrogen (secondary N) is 1. The van der Waals surface area contributed by atoms with Crippen LogP contribution in [0.2, 0.25) is 18.1 Å². The third-order valence-corrected chi connectivity index (χ3v) is 9.82. The largest absolute Gasteiger partial charge is 0.465 e. The molecule has 0 aromatic carbocycles. The van der Waals surface area contributed by atoms with Gasteiger partial charge in [-0.2, -0.15) is 0 Å². The van der Waals surface area contributed by atoms with Crippen molar-refractivity contribution in [2.24, 2.45) is 11.0 Å². The maximum absolute atomic E-state index is 11.9. The molecular weight excluding hydrogens is 340 g/mol. The van der Waals surface area contributed by atoms with Crippen LogP contribution in [0.15, 0.2) is 5.11 Å². The summed E-state index contributed by atoms with van der Waals surface area (Å²) in [6.45, 7) is 16.8. The Balaban J connectivity index is 3.23. The van der Waals surface area contributed by atoms with Crippen LogP contribution in [0, 0.1) is 11.4 Å². The molecule has 1 heterocycles. The SMILES string of the molecule is C[C@@H](CN=[N+]=N)[C@@H](O[Si](C)(C)C(C)(C)C)[C@H]1COC(C)(C)N1C(=O)O. The molecule has 3 atom stereocenters. The van der Waals surface area contributed by atoms with E-state index >= 15 is 0 Å². The first-order chi connectivity index (χ1) is 11.2. The Bertz CT molecular complexity index is 541. The molecule has 1 fully saturated rings. The van der Waals surface area contributed by atoms with Crippen LogP contribution in [0.1, 0.15) is 41.5 Å². The monoisotopic (exact) mass is 373 g/mol. The molecule has 1 amide bonds. The Morgan fingerprint density at radius 3 is 2.52 bits per heavy atom. The zero-order chi connectivity index (χ0) is 19.6. The minimum atomic E-state index is -2.14. The van der Waals surface area contributed by atoms with Crippen LogP contribution in [0.5, 0.6) is 0 Å². The summed E-state index contributed by atoms with van der Waals surface area (Å²) in [6.07, 6.45) is -1.39. The number of hydrogen-bond acceptors (Lipinski definition) is 5. The Kier molecular flexibility index (Phi) is 6.55. The van der Waals surface area contributed by atoms with Crippen LogP contribution in [0.3, 0.4) is 0 Å². The van der Waals surface area contributed by atoms with Gasteiger partial charge in [0, 0.05) is 5.92 Å². The van der Waals surface area contributed by atoms with Gasteiger partial charge in [0.1, 0.15) is 22.9 Å². The summed E-state index contributed by atoms with van der Waals surface area (Å²) in [4.78, 5) is 16.3. The summed E-state index contributed by atoms with van der Waals surface area (Å²) < 4.78 is 12.4. The lowest BCUT2D eigenvalue weighted by Gasteiger charge is -2.44. The molecule has 0 unspecified atom stereocenters. The van der Waals surface area contributed by atoms with Crippen molar-refractivity contribution in [3.05, 3.63) is 0 Å². The molecule has 1 aliphatic rings. The third-order valence-electron chi connectivity index (χ3n) is 5.34. The van der Waals surface area contributed by atoms with E-state index in [0.717, 1.165) is 0 Å². The molecule has 0 aromatic rings. The maximum Gasteiger partial charge on any atom is 0.409 e. The van der Waals surface area contributed by atoms with E-state index in [-0.39, 0.29) is 23.7 Å². The molecule has 0 aromatic heterocycles. The molecule has 0 aliphatic carbocycles. The van der Waals surface area contributed by atoms with Gasteiger partial charge >= 0.3 is 6.09 Å². The van der Waals surface area contributed by atoms with Crippen LogP contribution in [0.25, 0.3) is 0 Å². The molecule has 8 nitrogen and oxygen atoms in total. The van der Waals surface area contributed by atoms with Gasteiger partial charge < -0.3 is 14.3 Å². The molecule has 9 heteroatoms. The summed E-state index contributed by atoms with van der Waals surface area (Å²) >= 11 is 0. The van der Waals surface area contributed by atoms with Crippen LogP contribution in [-0.4, -0.2) is 55.4 Å². The fourth-order valence-electron chi connectivity index (χ4n) is 2.81. The van der Waals surface area contributed by atoms with E-state index < -0.39 is 26.2 Å². The molecule has 25 heavy (non-hydrogen) atoms. The summed E-state index contributed by atoms with van der Waals surface area (Å²) in [6, 6.07) is -0.419. The third kappa shape index (κ3) is 4.88. The lowest BCUT2D eigenvalue weighted by atomic mass is 9.97. The smallest absolute Gasteiger partial charge is 0.409 e. The first-order valence-corrected chi connectivity index (χ1v) is 11.5. The predicted octanol–water partition coefficient (Wildman–Crippen LogP) is 3.68. The molecule has 1 aliphatic heterocycles. The van der Waals surface area contributed by atoms with Crippen LogP contribution < -0.4 is 4.91 Å². The van der Waals surface area contributed by atoms with Crippen LogP contribution >= 0.6 is 0 Å². The minimum Gasteiger partial charge on any atom is -0.465 e. The average Bonchev–Trinajstić information content (AvgIpc) is 2.76. The van der Waals surface area contributed by atoms with Crippen molar-refractivity contribution >= 4 is 14.4 Å². The molecule has 0 saturated carbocycles. The number of amides is 1. The van der Waals surface area contributed by atoms with Crippen LogP contribution in [0.4, 0.5) is 4.79 Å². The average molecular weight is 374 g/mol. The normalized spacial score (nSPS) is 23.0. The fraction of sp³-hybridized carbons (Fsp3) is 0.938. The fourth-order valence-corrected chi connectivity index (χ4v) is 4.23. The highest BCUT2D eigenvalue weighted by molar-refractivity contribution is 6.74. The van der Waals surface area contributed by atoms with E-state index in [0.29, 0.717) is 6.54 Å². The van der Waals surface area contributed by atoms with Crippen molar-refractivity contribution in [1.82, 2.24) is 9.81 Å². The van der Waals surface area contributed by atoms with Gasteiger partial charge in [0.2, 0.25) is 4.91 Å². The summed E-state index contributed by atoms with van der Waals surface area (Å²) in [5.74, 6) is -0.0902. The Hall–Kier alpha value is -1.28. The molecule has 1 rings (SSSR count). The first-order valence-electron chi connectivity index (χ1n) is 8.62. The number of rotatable bonds is 6. The lowest BCUT2D eigenvalue weighted by molar-refractivity contribution is -0.0479. The Labute approximate surface area is 151 Å². The van der Waals surface area contributed by atoms with Gasteiger partial charge in [-0.15, -0.1) is 0 Å². The maximum atomic E-state index is 11.9. The van der Waals surface area contributed by atoms with E-state index in [2.05, 4.69) is 43.9 Å². The summed E-state index contributed by atoms with van der Waals surface area (Å²) in [5.41, 5.74) is 5.99. The highest BCUT2D eigenvalue weighted by Gasteiger charge is 2.51. The number of carbonyl (C=O) groups is 1. The molecule has 1 saturated heterocycles. The Morgan fingerprint density at radius 1 is 1.52 bits per heavy atom. The molecule has 0 spiro atoms. The van der Waals surface area contributed by atoms with Crippen molar-refractivity contribution in [3.8, 4) is 0 Å². The highest BCUT2D eigenvalue weighted by atomic mass is 28.4. The summed E-state index contributed by atoms with van der Waals surface area (Å²) in [7, 11) is -2.14. The van der Waals surface area contributed by atoms with Gasteiger partial charge in [-0.1, -0.05) is 27.7 Å². The molecule has 0 radical (unpaired) electrons. The molecule has 144 valence electrons. The standard InChI is InChI=1S/C16H32N4O4Si/c1-11(9-18-19-17)13(24-25(7,8)15(2,3)4)12-10-23-16(5,6)20(12)14(21)22/h11-13,17H,9-10H2,1-8H3/p+1/t11-,12+,13+/m0/s1. The van der Waals surface area contributed by atoms with E-state index in [4.69, 9.17) is 14.7 Å². The number of carboxylic acid groups (broad SMARTS) is 1. The van der Waals surface area contributed by atoms with Gasteiger partial charge in [0.05, 0.1) is 18.8 Å². The van der Waals surface area contributed by atoms with E-state index in [1.807, 2.05) is 6.92 Å². The van der Waals surface area contributed by atoms with Crippen molar-refractivity contribution in [1.29, 1.82) is 5.53 Å². The van der Waals surface area contributed by atoms with E-state index in [9.17, 15) is 9.90 Å². The second-order valence-electron chi connectivity index (χ2n) is 8.72. The van der Waals surface area contributed by atoms with Gasteiger partial charge in [0.25, 0.3) is 0 Å². The quantitative estimate of drug-likeness (QED) is 0.420. The number of hydrogen-bond donors (Lipinski definition) is 2. The van der Waals surface area contributed by atoms with Gasteiger partial charge in [0.15, 0.2) is 8.32 Å². The zero-order valence-electron chi connectivity index (χ0n) is 16.7. The topological polar surface area (TPSA) is 109 Å². The number of nitrogens with zero attached hydrogens (tertiary/aromatic N) is 3. The molecule has 0 bridgehead atoms. The summed E-state index contributed by atoms with van der Waals surface area (Å²) in [5, 5.41) is 13.5. The Morgan fingerprint density at radius 2 is 2.08 bits per heavy atom. The van der Waals surface area contributed by atoms with Gasteiger partial charge in [-0.3, -0.25) is 4.90 Å². The van der Waals surface area contributed by atoms with Crippen molar-refractivity contribution in [3.63, 3.8) is 0 Å². The molecular formula is C16H33N4O4Si+. The predicted molar refractivity (Wildman–Crippen MR) is 97.1 cm³/mol. The molecule has 2 N–H and O–H groups in total. The van der Waals surface area contributed by atoms with E-state index in [1.54, 1.807) is 13.8 Å². The first kappa shape index (κ1) is 21.8. The second-order valence-corrected chi connectivity index (χ2v) is 13.5. The minimum absolute atomic E-state index is 0.00898. The lowest BCUT2D eigenvalue weighted by Crippen LogP contribution is -2.57. The van der Waals surface area contributed by atoms with Crippen molar-refractivity contribution in [2.45, 2.75) is 77.5 Å². The van der Waals surface area contributed by atoms with Gasteiger partial charge in [-0.25, -0.2) is 4.79 Å². The van der Waals surface area contributed by atoms with Crippen molar-refractivity contribution < 1.29 is 19.1 Å².